The molecule has 1 saturated heterocycles. The summed E-state index contributed by atoms with van der Waals surface area (Å²) >= 11 is 0. The van der Waals surface area contributed by atoms with E-state index in [0.29, 0.717) is 5.69 Å². The van der Waals surface area contributed by atoms with Gasteiger partial charge in [-0.3, -0.25) is 4.79 Å². The first-order chi connectivity index (χ1) is 9.56. The molecule has 0 unspecified atom stereocenters. The second-order valence-corrected chi connectivity index (χ2v) is 5.18. The van der Waals surface area contributed by atoms with E-state index >= 15 is 0 Å². The molecule has 5 nitrogen and oxygen atoms in total. The molecule has 1 amide bonds. The topological polar surface area (TPSA) is 78.5 Å². The van der Waals surface area contributed by atoms with Crippen molar-refractivity contribution in [3.05, 3.63) is 42.0 Å². The summed E-state index contributed by atoms with van der Waals surface area (Å²) in [6.45, 7) is 1.92. The lowest BCUT2D eigenvalue weighted by Crippen LogP contribution is -2.45. The molecule has 0 saturated carbocycles. The summed E-state index contributed by atoms with van der Waals surface area (Å²) in [5, 5.41) is 14.0. The number of carbonyl (C=O) groups excluding carboxylic acids is 2. The SMILES string of the molecule is Cc1cccc(NC(=O)[C@@H]2[C@@H](C(=O)[O-])[C@H]3C=C[C@@H]2O3)c1. The maximum Gasteiger partial charge on any atom is 0.231 e. The van der Waals surface area contributed by atoms with Crippen LogP contribution in [0.5, 0.6) is 0 Å². The second-order valence-electron chi connectivity index (χ2n) is 5.18. The van der Waals surface area contributed by atoms with Crippen molar-refractivity contribution in [2.24, 2.45) is 11.8 Å². The van der Waals surface area contributed by atoms with E-state index < -0.39 is 30.0 Å². The number of ether oxygens (including phenoxy) is 1. The molecule has 5 heteroatoms. The Labute approximate surface area is 116 Å². The zero-order chi connectivity index (χ0) is 14.3. The number of hydrogen-bond donors (Lipinski definition) is 1. The molecule has 0 spiro atoms. The normalized spacial score (nSPS) is 30.4. The number of nitrogens with one attached hydrogen (secondary N) is 1. The van der Waals surface area contributed by atoms with Crippen molar-refractivity contribution < 1.29 is 19.4 Å². The summed E-state index contributed by atoms with van der Waals surface area (Å²) in [6.07, 6.45) is 2.39. The van der Waals surface area contributed by atoms with Gasteiger partial charge in [-0.15, -0.1) is 0 Å². The monoisotopic (exact) mass is 272 g/mol. The fraction of sp³-hybridized carbons (Fsp3) is 0.333. The van der Waals surface area contributed by atoms with Crippen LogP contribution in [0.2, 0.25) is 0 Å². The minimum atomic E-state index is -1.24. The quantitative estimate of drug-likeness (QED) is 0.800. The maximum absolute atomic E-state index is 12.3. The van der Waals surface area contributed by atoms with E-state index in [1.165, 1.54) is 0 Å². The zero-order valence-corrected chi connectivity index (χ0v) is 10.9. The molecule has 2 heterocycles. The van der Waals surface area contributed by atoms with Crippen molar-refractivity contribution in [1.82, 2.24) is 0 Å². The highest BCUT2D eigenvalue weighted by Crippen LogP contribution is 2.39. The van der Waals surface area contributed by atoms with E-state index in [4.69, 9.17) is 4.74 Å². The van der Waals surface area contributed by atoms with Crippen LogP contribution in [0.4, 0.5) is 5.69 Å². The van der Waals surface area contributed by atoms with Crippen molar-refractivity contribution in [3.8, 4) is 0 Å². The van der Waals surface area contributed by atoms with Gasteiger partial charge in [0.05, 0.1) is 18.1 Å². The summed E-state index contributed by atoms with van der Waals surface area (Å²) < 4.78 is 5.45. The molecule has 1 fully saturated rings. The Hall–Kier alpha value is -2.14. The van der Waals surface area contributed by atoms with Gasteiger partial charge in [0.25, 0.3) is 0 Å². The molecule has 4 atom stereocenters. The van der Waals surface area contributed by atoms with Gasteiger partial charge >= 0.3 is 0 Å². The number of amides is 1. The number of anilines is 1. The second kappa shape index (κ2) is 4.76. The van der Waals surface area contributed by atoms with Gasteiger partial charge in [0, 0.05) is 17.6 Å². The van der Waals surface area contributed by atoms with Crippen LogP contribution in [0, 0.1) is 18.8 Å². The molecular formula is C15H14NO4-. The van der Waals surface area contributed by atoms with Crippen LogP contribution in [0.1, 0.15) is 5.56 Å². The third-order valence-corrected chi connectivity index (χ3v) is 3.76. The first kappa shape index (κ1) is 12.9. The van der Waals surface area contributed by atoms with Crippen LogP contribution in [0.3, 0.4) is 0 Å². The Morgan fingerprint density at radius 2 is 1.90 bits per heavy atom. The van der Waals surface area contributed by atoms with Crippen molar-refractivity contribution in [2.75, 3.05) is 5.32 Å². The number of carboxylic acid groups (broad SMARTS) is 1. The molecule has 1 N–H and O–H groups in total. The third kappa shape index (κ3) is 2.10. The molecule has 2 aliphatic heterocycles. The lowest BCUT2D eigenvalue weighted by molar-refractivity contribution is -0.313. The molecule has 3 rings (SSSR count). The number of hydrogen-bond acceptors (Lipinski definition) is 4. The van der Waals surface area contributed by atoms with Gasteiger partial charge in [-0.2, -0.15) is 0 Å². The standard InChI is InChI=1S/C15H15NO4/c1-8-3-2-4-9(7-8)16-14(17)12-10-5-6-11(20-10)13(12)15(18)19/h2-7,10-13H,1H3,(H,16,17)(H,18,19)/p-1/t10-,11+,12-,13-/m0/s1. The highest BCUT2D eigenvalue weighted by Gasteiger charge is 2.50. The van der Waals surface area contributed by atoms with Crippen LogP contribution < -0.4 is 10.4 Å². The fourth-order valence-electron chi connectivity index (χ4n) is 2.85. The predicted octanol–water partition coefficient (Wildman–Crippen LogP) is 0.253. The Bertz CT molecular complexity index is 595. The summed E-state index contributed by atoms with van der Waals surface area (Å²) in [5.74, 6) is -3.25. The lowest BCUT2D eigenvalue weighted by Gasteiger charge is -2.25. The molecule has 20 heavy (non-hydrogen) atoms. The average Bonchev–Trinajstić information content (AvgIpc) is 2.98. The van der Waals surface area contributed by atoms with Gasteiger partial charge in [0.2, 0.25) is 5.91 Å². The number of benzene rings is 1. The van der Waals surface area contributed by atoms with Crippen LogP contribution in [-0.2, 0) is 14.3 Å². The summed E-state index contributed by atoms with van der Waals surface area (Å²) in [6, 6.07) is 7.35. The Balaban J connectivity index is 1.80. The van der Waals surface area contributed by atoms with E-state index in [9.17, 15) is 14.7 Å². The van der Waals surface area contributed by atoms with Crippen molar-refractivity contribution >= 4 is 17.6 Å². The molecule has 1 aromatic rings. The van der Waals surface area contributed by atoms with Crippen LogP contribution in [0.15, 0.2) is 36.4 Å². The molecule has 1 aromatic carbocycles. The van der Waals surface area contributed by atoms with Gasteiger partial charge in [-0.1, -0.05) is 24.3 Å². The molecular weight excluding hydrogens is 258 g/mol. The highest BCUT2D eigenvalue weighted by atomic mass is 16.5. The first-order valence-electron chi connectivity index (χ1n) is 6.48. The molecule has 2 aliphatic rings. The van der Waals surface area contributed by atoms with Gasteiger partial charge < -0.3 is 20.0 Å². The lowest BCUT2D eigenvalue weighted by atomic mass is 9.82. The molecule has 104 valence electrons. The minimum Gasteiger partial charge on any atom is -0.550 e. The van der Waals surface area contributed by atoms with Crippen LogP contribution in [0.25, 0.3) is 0 Å². The van der Waals surface area contributed by atoms with E-state index in [0.717, 1.165) is 5.56 Å². The van der Waals surface area contributed by atoms with Gasteiger partial charge in [-0.05, 0) is 24.6 Å². The van der Waals surface area contributed by atoms with E-state index in [-0.39, 0.29) is 5.91 Å². The largest absolute Gasteiger partial charge is 0.550 e. The van der Waals surface area contributed by atoms with Crippen molar-refractivity contribution in [2.45, 2.75) is 19.1 Å². The van der Waals surface area contributed by atoms with Crippen molar-refractivity contribution in [3.63, 3.8) is 0 Å². The smallest absolute Gasteiger partial charge is 0.231 e. The number of fused-ring (bicyclic) bond motifs is 2. The number of rotatable bonds is 3. The summed E-state index contributed by atoms with van der Waals surface area (Å²) in [4.78, 5) is 23.5. The predicted molar refractivity (Wildman–Crippen MR) is 69.6 cm³/mol. The van der Waals surface area contributed by atoms with Gasteiger partial charge in [-0.25, -0.2) is 0 Å². The fourth-order valence-corrected chi connectivity index (χ4v) is 2.85. The minimum absolute atomic E-state index is 0.346. The van der Waals surface area contributed by atoms with E-state index in [2.05, 4.69) is 5.32 Å². The molecule has 2 bridgehead atoms. The van der Waals surface area contributed by atoms with Gasteiger partial charge in [0.15, 0.2) is 0 Å². The van der Waals surface area contributed by atoms with E-state index in [1.807, 2.05) is 25.1 Å². The Morgan fingerprint density at radius 3 is 2.55 bits per heavy atom. The average molecular weight is 272 g/mol. The number of aryl methyl sites for hydroxylation is 1. The maximum atomic E-state index is 12.3. The third-order valence-electron chi connectivity index (χ3n) is 3.76. The highest BCUT2D eigenvalue weighted by molar-refractivity contribution is 5.96. The Kier molecular flexibility index (Phi) is 3.06. The van der Waals surface area contributed by atoms with Crippen LogP contribution in [-0.4, -0.2) is 24.1 Å². The zero-order valence-electron chi connectivity index (χ0n) is 10.9. The molecule has 0 radical (unpaired) electrons. The summed E-state index contributed by atoms with van der Waals surface area (Å²) in [5.41, 5.74) is 1.67. The number of carbonyl (C=O) groups is 2. The van der Waals surface area contributed by atoms with E-state index in [1.54, 1.807) is 18.2 Å². The number of carboxylic acids is 1. The first-order valence-corrected chi connectivity index (χ1v) is 6.48. The Morgan fingerprint density at radius 1 is 1.20 bits per heavy atom. The molecule has 0 aliphatic carbocycles. The van der Waals surface area contributed by atoms with Gasteiger partial charge in [0.1, 0.15) is 0 Å². The number of aliphatic carboxylic acids is 1. The van der Waals surface area contributed by atoms with Crippen LogP contribution >= 0.6 is 0 Å². The summed E-state index contributed by atoms with van der Waals surface area (Å²) in [7, 11) is 0. The molecule has 0 aromatic heterocycles. The van der Waals surface area contributed by atoms with Crippen molar-refractivity contribution in [1.29, 1.82) is 0 Å².